The van der Waals surface area contributed by atoms with Crippen LogP contribution in [0.4, 0.5) is 5.69 Å². The van der Waals surface area contributed by atoms with E-state index in [-0.39, 0.29) is 27.0 Å². The molecule has 0 spiro atoms. The predicted molar refractivity (Wildman–Crippen MR) is 71.1 cm³/mol. The molecule has 0 atom stereocenters. The topological polar surface area (TPSA) is 52.4 Å². The van der Waals surface area contributed by atoms with Crippen molar-refractivity contribution in [2.45, 2.75) is 6.61 Å². The van der Waals surface area contributed by atoms with Crippen LogP contribution in [0.3, 0.4) is 0 Å². The van der Waals surface area contributed by atoms with Gasteiger partial charge in [-0.15, -0.1) is 0 Å². The van der Waals surface area contributed by atoms with Crippen molar-refractivity contribution in [3.05, 3.63) is 70.3 Å². The van der Waals surface area contributed by atoms with Crippen molar-refractivity contribution in [1.82, 2.24) is 0 Å². The summed E-state index contributed by atoms with van der Waals surface area (Å²) in [5, 5.41) is 11.9. The van der Waals surface area contributed by atoms with Gasteiger partial charge in [-0.05, 0) is 11.3 Å². The van der Waals surface area contributed by atoms with Gasteiger partial charge in [0.15, 0.2) is 0 Å². The molecule has 0 aliphatic heterocycles. The Morgan fingerprint density at radius 2 is 1.72 bits per heavy atom. The van der Waals surface area contributed by atoms with E-state index in [4.69, 9.17) is 4.43 Å². The van der Waals surface area contributed by atoms with Crippen molar-refractivity contribution in [1.29, 1.82) is 0 Å². The summed E-state index contributed by atoms with van der Waals surface area (Å²) in [6.07, 6.45) is 0. The highest BCUT2D eigenvalue weighted by Crippen LogP contribution is 2.17. The molecule has 0 N–H and O–H groups in total. The average molecular weight is 258 g/mol. The van der Waals surface area contributed by atoms with Crippen LogP contribution in [-0.2, 0) is 11.0 Å². The van der Waals surface area contributed by atoms with Crippen LogP contribution < -0.4 is 5.19 Å². The molecule has 2 aromatic carbocycles. The first-order valence-electron chi connectivity index (χ1n) is 5.49. The third-order valence-electron chi connectivity index (χ3n) is 2.45. The molecule has 0 heterocycles. The van der Waals surface area contributed by atoms with Crippen LogP contribution in [0.5, 0.6) is 0 Å². The maximum absolute atomic E-state index is 10.8. The smallest absolute Gasteiger partial charge is 0.274 e. The zero-order valence-corrected chi connectivity index (χ0v) is 10.8. The normalized spacial score (nSPS) is 10.2. The SMILES string of the molecule is O=[N+]([O-])c1ccccc1CO[SiH]c1ccccc1. The van der Waals surface area contributed by atoms with Gasteiger partial charge in [-0.25, -0.2) is 0 Å². The lowest BCUT2D eigenvalue weighted by Gasteiger charge is -2.04. The molecule has 0 aromatic heterocycles. The minimum absolute atomic E-state index is 0.116. The van der Waals surface area contributed by atoms with E-state index in [9.17, 15) is 10.1 Å². The summed E-state index contributed by atoms with van der Waals surface area (Å²) in [7, 11) is -0.311. The Labute approximate surface area is 107 Å². The Morgan fingerprint density at radius 1 is 1.06 bits per heavy atom. The predicted octanol–water partition coefficient (Wildman–Crippen LogP) is 1.79. The summed E-state index contributed by atoms with van der Waals surface area (Å²) in [6.45, 7) is 0.279. The summed E-state index contributed by atoms with van der Waals surface area (Å²) in [5.74, 6) is 0. The Balaban J connectivity index is 1.97. The number of hydrogen-bond acceptors (Lipinski definition) is 3. The van der Waals surface area contributed by atoms with Crippen LogP contribution in [0.15, 0.2) is 54.6 Å². The molecule has 0 aliphatic rings. The maximum Gasteiger partial charge on any atom is 0.274 e. The van der Waals surface area contributed by atoms with Gasteiger partial charge in [0.05, 0.1) is 17.1 Å². The lowest BCUT2D eigenvalue weighted by Crippen LogP contribution is -2.16. The zero-order chi connectivity index (χ0) is 12.8. The number of rotatable bonds is 5. The first-order valence-corrected chi connectivity index (χ1v) is 6.54. The van der Waals surface area contributed by atoms with E-state index in [1.165, 1.54) is 6.07 Å². The molecular formula is C13H12NO3Si. The molecule has 2 aromatic rings. The molecule has 0 aliphatic carbocycles. The molecule has 0 unspecified atom stereocenters. The number of nitrogens with zero attached hydrogens (tertiary/aromatic N) is 1. The first-order chi connectivity index (χ1) is 8.77. The summed E-state index contributed by atoms with van der Waals surface area (Å²) in [6, 6.07) is 16.5. The molecule has 5 heteroatoms. The molecule has 0 amide bonds. The Kier molecular flexibility index (Phi) is 4.22. The fourth-order valence-electron chi connectivity index (χ4n) is 1.57. The molecule has 18 heavy (non-hydrogen) atoms. The molecule has 0 saturated heterocycles. The molecule has 0 fully saturated rings. The number of benzene rings is 2. The second-order valence-corrected chi connectivity index (χ2v) is 4.96. The van der Waals surface area contributed by atoms with Gasteiger partial charge in [0.1, 0.15) is 0 Å². The van der Waals surface area contributed by atoms with Crippen LogP contribution in [-0.4, -0.2) is 14.7 Å². The number of para-hydroxylation sites is 1. The molecule has 0 saturated carbocycles. The van der Waals surface area contributed by atoms with E-state index in [1.54, 1.807) is 18.2 Å². The van der Waals surface area contributed by atoms with E-state index >= 15 is 0 Å². The number of nitro groups is 1. The minimum atomic E-state index is -0.378. The van der Waals surface area contributed by atoms with Crippen LogP contribution >= 0.6 is 0 Å². The number of hydrogen-bond donors (Lipinski definition) is 0. The van der Waals surface area contributed by atoms with E-state index in [1.807, 2.05) is 30.3 Å². The van der Waals surface area contributed by atoms with E-state index in [0.717, 1.165) is 5.19 Å². The van der Waals surface area contributed by atoms with Crippen molar-refractivity contribution >= 4 is 20.6 Å². The van der Waals surface area contributed by atoms with Crippen molar-refractivity contribution < 1.29 is 9.35 Å². The van der Waals surface area contributed by atoms with Crippen LogP contribution in [0.25, 0.3) is 0 Å². The van der Waals surface area contributed by atoms with Crippen LogP contribution in [0.1, 0.15) is 5.56 Å². The highest BCUT2D eigenvalue weighted by Gasteiger charge is 2.11. The van der Waals surface area contributed by atoms with Gasteiger partial charge in [-0.3, -0.25) is 10.1 Å². The summed E-state index contributed by atoms with van der Waals surface area (Å²) < 4.78 is 5.58. The van der Waals surface area contributed by atoms with Gasteiger partial charge >= 0.3 is 0 Å². The van der Waals surface area contributed by atoms with Crippen molar-refractivity contribution in [2.75, 3.05) is 0 Å². The molecule has 4 nitrogen and oxygen atoms in total. The lowest BCUT2D eigenvalue weighted by atomic mass is 10.2. The second kappa shape index (κ2) is 6.09. The average Bonchev–Trinajstić information content (AvgIpc) is 2.40. The van der Waals surface area contributed by atoms with Gasteiger partial charge in [-0.2, -0.15) is 0 Å². The van der Waals surface area contributed by atoms with Gasteiger partial charge in [0.25, 0.3) is 5.69 Å². The Morgan fingerprint density at radius 3 is 2.44 bits per heavy atom. The summed E-state index contributed by atoms with van der Waals surface area (Å²) in [4.78, 5) is 10.4. The zero-order valence-electron chi connectivity index (χ0n) is 9.65. The van der Waals surface area contributed by atoms with Crippen LogP contribution in [0.2, 0.25) is 0 Å². The van der Waals surface area contributed by atoms with Crippen molar-refractivity contribution in [3.8, 4) is 0 Å². The lowest BCUT2D eigenvalue weighted by molar-refractivity contribution is -0.385. The summed E-state index contributed by atoms with van der Waals surface area (Å²) in [5.41, 5.74) is 0.732. The van der Waals surface area contributed by atoms with Gasteiger partial charge in [-0.1, -0.05) is 42.5 Å². The fourth-order valence-corrected chi connectivity index (χ4v) is 2.40. The Bertz CT molecular complexity index is 531. The van der Waals surface area contributed by atoms with Crippen molar-refractivity contribution in [2.24, 2.45) is 0 Å². The second-order valence-electron chi connectivity index (χ2n) is 3.73. The van der Waals surface area contributed by atoms with E-state index < -0.39 is 0 Å². The molecule has 91 valence electrons. The quantitative estimate of drug-likeness (QED) is 0.467. The minimum Gasteiger partial charge on any atom is -0.411 e. The largest absolute Gasteiger partial charge is 0.411 e. The van der Waals surface area contributed by atoms with Crippen LogP contribution in [0, 0.1) is 10.1 Å². The highest BCUT2D eigenvalue weighted by atomic mass is 28.2. The Hall–Kier alpha value is -1.98. The van der Waals surface area contributed by atoms with Gasteiger partial charge in [0.2, 0.25) is 9.76 Å². The third-order valence-corrected chi connectivity index (χ3v) is 3.44. The van der Waals surface area contributed by atoms with E-state index in [2.05, 4.69) is 0 Å². The highest BCUT2D eigenvalue weighted by molar-refractivity contribution is 6.46. The first kappa shape index (κ1) is 12.5. The summed E-state index contributed by atoms with van der Waals surface area (Å²) >= 11 is 0. The van der Waals surface area contributed by atoms with Gasteiger partial charge in [0, 0.05) is 6.07 Å². The van der Waals surface area contributed by atoms with Crippen molar-refractivity contribution in [3.63, 3.8) is 0 Å². The number of nitro benzene ring substituents is 1. The molecule has 2 rings (SSSR count). The third kappa shape index (κ3) is 3.25. The molecule has 0 bridgehead atoms. The molecule has 1 radical (unpaired) electrons. The standard InChI is InChI=1S/C13H12NO3Si/c15-14(16)13-9-5-4-6-11(13)10-17-18-12-7-2-1-3-8-12/h1-9,18H,10H2. The maximum atomic E-state index is 10.8. The van der Waals surface area contributed by atoms with Gasteiger partial charge < -0.3 is 4.43 Å². The van der Waals surface area contributed by atoms with E-state index in [0.29, 0.717) is 5.56 Å². The monoisotopic (exact) mass is 258 g/mol. The fraction of sp³-hybridized carbons (Fsp3) is 0.0769. The molecular weight excluding hydrogens is 246 g/mol.